The van der Waals surface area contributed by atoms with Crippen LogP contribution in [0.4, 0.5) is 5.69 Å². The van der Waals surface area contributed by atoms with Crippen LogP contribution in [0.1, 0.15) is 22.8 Å². The summed E-state index contributed by atoms with van der Waals surface area (Å²) in [6.45, 7) is 1.13. The van der Waals surface area contributed by atoms with Crippen molar-refractivity contribution in [3.05, 3.63) is 21.8 Å². The first-order chi connectivity index (χ1) is 11.3. The van der Waals surface area contributed by atoms with Crippen LogP contribution in [0.5, 0.6) is 0 Å². The Morgan fingerprint density at radius 3 is 2.08 bits per heavy atom. The van der Waals surface area contributed by atoms with Crippen LogP contribution in [0, 0.1) is 10.7 Å². The Bertz CT molecular complexity index is 634. The molecule has 1 rings (SSSR count). The molecule has 0 atom stereocenters. The highest BCUT2D eigenvalue weighted by molar-refractivity contribution is 14.1. The third kappa shape index (κ3) is 5.28. The molecule has 4 N–H and O–H groups in total. The summed E-state index contributed by atoms with van der Waals surface area (Å²) in [5, 5.41) is 18.3. The van der Waals surface area contributed by atoms with E-state index in [1.807, 2.05) is 45.2 Å². The van der Waals surface area contributed by atoms with E-state index in [0.29, 0.717) is 24.0 Å². The van der Waals surface area contributed by atoms with Crippen LogP contribution in [0.3, 0.4) is 0 Å². The number of hydrogen-bond donors (Lipinski definition) is 3. The minimum absolute atomic E-state index is 0.0211. The summed E-state index contributed by atoms with van der Waals surface area (Å²) in [6.07, 6.45) is 0. The predicted molar refractivity (Wildman–Crippen MR) is 115 cm³/mol. The Hall–Kier alpha value is 0.0700. The van der Waals surface area contributed by atoms with E-state index in [-0.39, 0.29) is 38.8 Å². The number of halogens is 3. The molecular formula is C14H17I3N2O5. The Labute approximate surface area is 180 Å². The molecule has 10 heteroatoms. The van der Waals surface area contributed by atoms with E-state index in [1.54, 1.807) is 0 Å². The van der Waals surface area contributed by atoms with Crippen molar-refractivity contribution >= 4 is 85.3 Å². The standard InChI is InChI=1S/C14H17I3N2O5/c1-7(22)24-6-8-10(15)9(12(17)13(18)11(8)16)14(23)19(2-4-20)3-5-21/h20-21H,2-6,18H2,1H3. The average molecular weight is 674 g/mol. The van der Waals surface area contributed by atoms with Crippen molar-refractivity contribution in [3.63, 3.8) is 0 Å². The number of carbonyl (C=O) groups is 2. The summed E-state index contributed by atoms with van der Waals surface area (Å²) in [5.41, 5.74) is 7.61. The highest BCUT2D eigenvalue weighted by Crippen LogP contribution is 2.34. The quantitative estimate of drug-likeness (QED) is 0.230. The molecule has 1 aromatic carbocycles. The van der Waals surface area contributed by atoms with E-state index in [2.05, 4.69) is 22.6 Å². The van der Waals surface area contributed by atoms with Crippen molar-refractivity contribution in [2.45, 2.75) is 13.5 Å². The lowest BCUT2D eigenvalue weighted by Crippen LogP contribution is -2.37. The minimum Gasteiger partial charge on any atom is -0.461 e. The van der Waals surface area contributed by atoms with Crippen molar-refractivity contribution < 1.29 is 24.5 Å². The smallest absolute Gasteiger partial charge is 0.302 e. The molecule has 0 saturated carbocycles. The minimum atomic E-state index is -0.422. The summed E-state index contributed by atoms with van der Waals surface area (Å²) >= 11 is 6.10. The van der Waals surface area contributed by atoms with Gasteiger partial charge in [0.25, 0.3) is 5.91 Å². The summed E-state index contributed by atoms with van der Waals surface area (Å²) in [7, 11) is 0. The number of carbonyl (C=O) groups excluding carboxylic acids is 2. The number of rotatable bonds is 7. The number of nitrogen functional groups attached to an aromatic ring is 1. The van der Waals surface area contributed by atoms with E-state index in [1.165, 1.54) is 11.8 Å². The maximum atomic E-state index is 12.8. The number of nitrogens with two attached hydrogens (primary N) is 1. The predicted octanol–water partition coefficient (Wildman–Crippen LogP) is 1.57. The first-order valence-corrected chi connectivity index (χ1v) is 10.1. The number of hydrogen-bond acceptors (Lipinski definition) is 6. The van der Waals surface area contributed by atoms with Gasteiger partial charge in [-0.15, -0.1) is 0 Å². The number of nitrogens with zero attached hydrogens (tertiary/aromatic N) is 1. The fraction of sp³-hybridized carbons (Fsp3) is 0.429. The van der Waals surface area contributed by atoms with Crippen LogP contribution in [-0.4, -0.2) is 53.3 Å². The van der Waals surface area contributed by atoms with Gasteiger partial charge in [-0.05, 0) is 67.8 Å². The molecular weight excluding hydrogens is 657 g/mol. The van der Waals surface area contributed by atoms with Gasteiger partial charge in [-0.2, -0.15) is 0 Å². The largest absolute Gasteiger partial charge is 0.461 e. The molecule has 0 aliphatic rings. The summed E-state index contributed by atoms with van der Waals surface area (Å²) < 4.78 is 7.03. The first kappa shape index (κ1) is 22.1. The van der Waals surface area contributed by atoms with E-state index in [4.69, 9.17) is 20.7 Å². The molecule has 0 aromatic heterocycles. The van der Waals surface area contributed by atoms with E-state index >= 15 is 0 Å². The van der Waals surface area contributed by atoms with Gasteiger partial charge in [-0.3, -0.25) is 9.59 Å². The van der Waals surface area contributed by atoms with Crippen LogP contribution in [-0.2, 0) is 16.1 Å². The SMILES string of the molecule is CC(=O)OCc1c(I)c(N)c(I)c(C(=O)N(CCO)CCO)c1I. The van der Waals surface area contributed by atoms with Gasteiger partial charge in [0, 0.05) is 32.7 Å². The van der Waals surface area contributed by atoms with Gasteiger partial charge >= 0.3 is 5.97 Å². The van der Waals surface area contributed by atoms with E-state index < -0.39 is 5.97 Å². The van der Waals surface area contributed by atoms with Gasteiger partial charge in [0.2, 0.25) is 0 Å². The van der Waals surface area contributed by atoms with Crippen LogP contribution in [0.15, 0.2) is 0 Å². The zero-order valence-electron chi connectivity index (χ0n) is 12.8. The second kappa shape index (κ2) is 10.3. The Morgan fingerprint density at radius 2 is 1.62 bits per heavy atom. The molecule has 0 aliphatic carbocycles. The average Bonchev–Trinajstić information content (AvgIpc) is 2.52. The van der Waals surface area contributed by atoms with Gasteiger partial charge in [0.05, 0.1) is 28.0 Å². The lowest BCUT2D eigenvalue weighted by molar-refractivity contribution is -0.142. The summed E-state index contributed by atoms with van der Waals surface area (Å²) in [6, 6.07) is 0. The van der Waals surface area contributed by atoms with Crippen LogP contribution in [0.25, 0.3) is 0 Å². The Kier molecular flexibility index (Phi) is 9.47. The van der Waals surface area contributed by atoms with Gasteiger partial charge in [0.1, 0.15) is 6.61 Å². The molecule has 0 spiro atoms. The van der Waals surface area contributed by atoms with Crippen molar-refractivity contribution in [2.24, 2.45) is 0 Å². The fourth-order valence-corrected chi connectivity index (χ4v) is 5.88. The van der Waals surface area contributed by atoms with E-state index in [0.717, 1.165) is 3.57 Å². The van der Waals surface area contributed by atoms with Crippen LogP contribution >= 0.6 is 67.8 Å². The molecule has 0 fully saturated rings. The van der Waals surface area contributed by atoms with Crippen molar-refractivity contribution in [2.75, 3.05) is 32.0 Å². The molecule has 0 unspecified atom stereocenters. The lowest BCUT2D eigenvalue weighted by Gasteiger charge is -2.24. The second-order valence-electron chi connectivity index (χ2n) is 4.73. The normalized spacial score (nSPS) is 10.6. The molecule has 1 amide bonds. The van der Waals surface area contributed by atoms with Gasteiger partial charge in [-0.25, -0.2) is 0 Å². The fourth-order valence-electron chi connectivity index (χ4n) is 1.94. The van der Waals surface area contributed by atoms with Crippen molar-refractivity contribution in [1.82, 2.24) is 4.90 Å². The lowest BCUT2D eigenvalue weighted by atomic mass is 10.1. The number of benzene rings is 1. The van der Waals surface area contributed by atoms with Crippen LogP contribution in [0.2, 0.25) is 0 Å². The Morgan fingerprint density at radius 1 is 1.08 bits per heavy atom. The topological polar surface area (TPSA) is 113 Å². The molecule has 24 heavy (non-hydrogen) atoms. The molecule has 1 aromatic rings. The number of aliphatic hydroxyl groups excluding tert-OH is 2. The number of esters is 1. The van der Waals surface area contributed by atoms with Gasteiger partial charge < -0.3 is 25.6 Å². The summed E-state index contributed by atoms with van der Waals surface area (Å²) in [5.74, 6) is -0.757. The molecule has 7 nitrogen and oxygen atoms in total. The maximum absolute atomic E-state index is 12.8. The molecule has 0 saturated heterocycles. The van der Waals surface area contributed by atoms with Crippen molar-refractivity contribution in [3.8, 4) is 0 Å². The number of anilines is 1. The highest BCUT2D eigenvalue weighted by Gasteiger charge is 2.26. The number of amides is 1. The van der Waals surface area contributed by atoms with Gasteiger partial charge in [-0.1, -0.05) is 0 Å². The Balaban J connectivity index is 3.40. The van der Waals surface area contributed by atoms with E-state index in [9.17, 15) is 9.59 Å². The van der Waals surface area contributed by atoms with Crippen LogP contribution < -0.4 is 5.73 Å². The zero-order chi connectivity index (χ0) is 18.4. The second-order valence-corrected chi connectivity index (χ2v) is 7.97. The van der Waals surface area contributed by atoms with Gasteiger partial charge in [0.15, 0.2) is 0 Å². The highest BCUT2D eigenvalue weighted by atomic mass is 127. The number of aliphatic hydroxyl groups is 2. The van der Waals surface area contributed by atoms with Crippen molar-refractivity contribution in [1.29, 1.82) is 0 Å². The number of ether oxygens (including phenoxy) is 1. The third-order valence-electron chi connectivity index (χ3n) is 3.10. The summed E-state index contributed by atoms with van der Waals surface area (Å²) in [4.78, 5) is 25.3. The molecule has 134 valence electrons. The zero-order valence-corrected chi connectivity index (χ0v) is 19.3. The monoisotopic (exact) mass is 674 g/mol. The molecule has 0 bridgehead atoms. The molecule has 0 aliphatic heterocycles. The molecule has 0 heterocycles. The molecule has 0 radical (unpaired) electrons. The third-order valence-corrected chi connectivity index (χ3v) is 6.65. The maximum Gasteiger partial charge on any atom is 0.302 e. The first-order valence-electron chi connectivity index (χ1n) is 6.85.